The van der Waals surface area contributed by atoms with Gasteiger partial charge >= 0.3 is 0 Å². The molecular weight excluding hydrogens is 852 g/mol. The molecule has 6 aromatic rings. The molecule has 6 nitrogen and oxygen atoms in total. The third kappa shape index (κ3) is 13.7. The minimum atomic E-state index is -3.56. The van der Waals surface area contributed by atoms with Crippen LogP contribution in [-0.4, -0.2) is 25.3 Å². The fraction of sp³-hybridized carbons (Fsp3) is 0.308. The van der Waals surface area contributed by atoms with Crippen molar-refractivity contribution >= 4 is 41.1 Å². The van der Waals surface area contributed by atoms with Crippen LogP contribution in [-0.2, 0) is 45.8 Å². The predicted octanol–water partition coefficient (Wildman–Crippen LogP) is 14.3. The molecule has 6 rings (SSSR count). The summed E-state index contributed by atoms with van der Waals surface area (Å²) in [5, 5.41) is 0.265. The van der Waals surface area contributed by atoms with Crippen LogP contribution in [0, 0.1) is 6.92 Å². The minimum absolute atomic E-state index is 0. The SMILES string of the molecule is C.C.C.CC(C)(C)c1ccc(S(=O)(=O)c2ccccc2)c(Cl)c1.CC(C)(C)c1ccc(S(=O)(=O)c2ccccc2)cc1.Cc1cc(C(C)(C)C)ccc1S(=O)(=O)c1ccccc1. The summed E-state index contributed by atoms with van der Waals surface area (Å²) >= 11 is 6.19. The highest BCUT2D eigenvalue weighted by molar-refractivity contribution is 7.92. The highest BCUT2D eigenvalue weighted by Crippen LogP contribution is 2.33. The summed E-state index contributed by atoms with van der Waals surface area (Å²) in [6, 6.07) is 43.3. The third-order valence-corrected chi connectivity index (χ3v) is 15.6. The molecule has 0 bridgehead atoms. The van der Waals surface area contributed by atoms with Gasteiger partial charge in [-0.3, -0.25) is 0 Å². The van der Waals surface area contributed by atoms with E-state index in [0.717, 1.165) is 22.3 Å². The molecule has 6 aromatic carbocycles. The summed E-state index contributed by atoms with van der Waals surface area (Å²) in [5.74, 6) is 0. The van der Waals surface area contributed by atoms with Crippen LogP contribution in [0.4, 0.5) is 0 Å². The van der Waals surface area contributed by atoms with Crippen LogP contribution in [0.1, 0.15) is 107 Å². The van der Waals surface area contributed by atoms with E-state index in [2.05, 4.69) is 62.3 Å². The molecular formula is C52H67ClO6S3. The van der Waals surface area contributed by atoms with Gasteiger partial charge in [-0.25, -0.2) is 25.3 Å². The molecule has 0 radical (unpaired) electrons. The molecule has 0 unspecified atom stereocenters. The van der Waals surface area contributed by atoms with E-state index < -0.39 is 29.5 Å². The number of rotatable bonds is 6. The van der Waals surface area contributed by atoms with Gasteiger partial charge in [-0.2, -0.15) is 0 Å². The maximum atomic E-state index is 12.6. The molecule has 0 aliphatic rings. The normalized spacial score (nSPS) is 11.8. The average molecular weight is 920 g/mol. The van der Waals surface area contributed by atoms with Gasteiger partial charge in [0, 0.05) is 0 Å². The van der Waals surface area contributed by atoms with Gasteiger partial charge in [-0.15, -0.1) is 0 Å². The van der Waals surface area contributed by atoms with Crippen LogP contribution < -0.4 is 0 Å². The lowest BCUT2D eigenvalue weighted by molar-refractivity contribution is 0.585. The molecule has 10 heteroatoms. The molecule has 0 aliphatic carbocycles. The highest BCUT2D eigenvalue weighted by Gasteiger charge is 2.24. The van der Waals surface area contributed by atoms with E-state index in [0.29, 0.717) is 19.6 Å². The molecule has 0 aliphatic heterocycles. The van der Waals surface area contributed by atoms with Crippen LogP contribution in [0.2, 0.25) is 5.02 Å². The van der Waals surface area contributed by atoms with Crippen LogP contribution in [0.25, 0.3) is 0 Å². The molecule has 0 heterocycles. The van der Waals surface area contributed by atoms with E-state index in [1.54, 1.807) is 109 Å². The van der Waals surface area contributed by atoms with Gasteiger partial charge in [0.1, 0.15) is 0 Å². The Morgan fingerprint density at radius 3 is 0.984 bits per heavy atom. The number of halogens is 1. The number of aryl methyl sites for hydroxylation is 1. The van der Waals surface area contributed by atoms with E-state index in [4.69, 9.17) is 11.6 Å². The van der Waals surface area contributed by atoms with Gasteiger partial charge in [0.25, 0.3) is 0 Å². The molecule has 0 aromatic heterocycles. The molecule has 62 heavy (non-hydrogen) atoms. The summed E-state index contributed by atoms with van der Waals surface area (Å²) in [4.78, 5) is 1.80. The first kappa shape index (κ1) is 55.5. The standard InChI is InChI=1S/C17H20O2S.C16H17ClO2S.C16H18O2S.3CH4/c1-13-12-14(17(2,3)4)10-11-16(13)20(18,19)15-8-6-5-7-9-15;1-16(2,3)12-9-10-15(14(17)11-12)20(18,19)13-7-5-4-6-8-13;1-16(2,3)13-9-11-15(12-10-13)19(17,18)14-7-5-4-6-8-14;;;/h5-12H,1-4H3;4-11H,1-3H3;4-12H,1-3H3;3*1H4. The predicted molar refractivity (Wildman–Crippen MR) is 261 cm³/mol. The Hall–Kier alpha value is -4.54. The summed E-state index contributed by atoms with van der Waals surface area (Å²) in [6.07, 6.45) is 0. The summed E-state index contributed by atoms with van der Waals surface area (Å²) in [5.41, 5.74) is 4.03. The Balaban J connectivity index is 0.000000454. The zero-order chi connectivity index (χ0) is 44.0. The van der Waals surface area contributed by atoms with Crippen molar-refractivity contribution in [2.45, 2.75) is 137 Å². The number of sulfone groups is 3. The van der Waals surface area contributed by atoms with Gasteiger partial charge in [0.2, 0.25) is 29.5 Å². The Labute approximate surface area is 380 Å². The van der Waals surface area contributed by atoms with Crippen molar-refractivity contribution in [3.63, 3.8) is 0 Å². The van der Waals surface area contributed by atoms with Crippen LogP contribution in [0.5, 0.6) is 0 Å². The van der Waals surface area contributed by atoms with E-state index in [-0.39, 0.29) is 53.3 Å². The van der Waals surface area contributed by atoms with E-state index >= 15 is 0 Å². The van der Waals surface area contributed by atoms with Gasteiger partial charge in [-0.1, -0.05) is 181 Å². The first-order valence-corrected chi connectivity index (χ1v) is 24.0. The van der Waals surface area contributed by atoms with Gasteiger partial charge in [0.15, 0.2) is 0 Å². The summed E-state index contributed by atoms with van der Waals surface area (Å²) in [6.45, 7) is 20.7. The molecule has 0 atom stereocenters. The van der Waals surface area contributed by atoms with Crippen molar-refractivity contribution in [3.05, 3.63) is 179 Å². The van der Waals surface area contributed by atoms with E-state index in [1.807, 2.05) is 49.4 Å². The Bertz CT molecular complexity index is 2550. The Kier molecular flexibility index (Phi) is 19.4. The fourth-order valence-electron chi connectivity index (χ4n) is 5.93. The first-order chi connectivity index (χ1) is 27.3. The molecule has 0 N–H and O–H groups in total. The van der Waals surface area contributed by atoms with Crippen molar-refractivity contribution in [2.75, 3.05) is 0 Å². The largest absolute Gasteiger partial charge is 0.219 e. The Morgan fingerprint density at radius 1 is 0.355 bits per heavy atom. The zero-order valence-corrected chi connectivity index (χ0v) is 38.7. The maximum absolute atomic E-state index is 12.6. The second-order valence-electron chi connectivity index (χ2n) is 17.3. The van der Waals surface area contributed by atoms with Crippen molar-refractivity contribution in [2.24, 2.45) is 0 Å². The molecule has 0 spiro atoms. The lowest BCUT2D eigenvalue weighted by atomic mass is 9.86. The van der Waals surface area contributed by atoms with Crippen molar-refractivity contribution in [3.8, 4) is 0 Å². The van der Waals surface area contributed by atoms with Crippen LogP contribution >= 0.6 is 11.6 Å². The van der Waals surface area contributed by atoms with Crippen molar-refractivity contribution in [1.29, 1.82) is 0 Å². The first-order valence-electron chi connectivity index (χ1n) is 19.2. The second-order valence-corrected chi connectivity index (χ2v) is 23.5. The van der Waals surface area contributed by atoms with E-state index in [9.17, 15) is 25.3 Å². The Morgan fingerprint density at radius 2 is 0.645 bits per heavy atom. The lowest BCUT2D eigenvalue weighted by Gasteiger charge is -2.20. The van der Waals surface area contributed by atoms with Gasteiger partial charge in [0.05, 0.1) is 34.4 Å². The molecule has 0 saturated carbocycles. The molecule has 336 valence electrons. The topological polar surface area (TPSA) is 102 Å². The quantitative estimate of drug-likeness (QED) is 0.165. The maximum Gasteiger partial charge on any atom is 0.208 e. The van der Waals surface area contributed by atoms with Gasteiger partial charge in [-0.05, 0) is 112 Å². The molecule has 0 fully saturated rings. The minimum Gasteiger partial charge on any atom is -0.219 e. The van der Waals surface area contributed by atoms with E-state index in [1.165, 1.54) is 0 Å². The highest BCUT2D eigenvalue weighted by atomic mass is 35.5. The number of hydrogen-bond donors (Lipinski definition) is 0. The van der Waals surface area contributed by atoms with Crippen molar-refractivity contribution < 1.29 is 25.3 Å². The number of benzene rings is 6. The summed E-state index contributed by atoms with van der Waals surface area (Å²) in [7, 11) is -10.4. The zero-order valence-electron chi connectivity index (χ0n) is 35.5. The third-order valence-electron chi connectivity index (χ3n) is 9.61. The monoisotopic (exact) mass is 918 g/mol. The fourth-order valence-corrected chi connectivity index (χ4v) is 10.5. The smallest absolute Gasteiger partial charge is 0.208 e. The van der Waals surface area contributed by atoms with Gasteiger partial charge < -0.3 is 0 Å². The lowest BCUT2D eigenvalue weighted by Crippen LogP contribution is -2.12. The molecule has 0 saturated heterocycles. The van der Waals surface area contributed by atoms with Crippen LogP contribution in [0.15, 0.2) is 181 Å². The number of hydrogen-bond acceptors (Lipinski definition) is 6. The van der Waals surface area contributed by atoms with Crippen LogP contribution in [0.3, 0.4) is 0 Å². The molecule has 0 amide bonds. The summed E-state index contributed by atoms with van der Waals surface area (Å²) < 4.78 is 75.1. The van der Waals surface area contributed by atoms with Crippen molar-refractivity contribution in [1.82, 2.24) is 0 Å². The second kappa shape index (κ2) is 21.7. The average Bonchev–Trinajstić information content (AvgIpc) is 3.18.